The molecule has 1 aliphatic rings. The lowest BCUT2D eigenvalue weighted by molar-refractivity contribution is -0.0461. The lowest BCUT2D eigenvalue weighted by Crippen LogP contribution is -2.56. The van der Waals surface area contributed by atoms with Crippen LogP contribution in [0.3, 0.4) is 0 Å². The van der Waals surface area contributed by atoms with Crippen LogP contribution in [0, 0.1) is 0 Å². The number of sulfonamides is 1. The Morgan fingerprint density at radius 3 is 2.50 bits per heavy atom. The van der Waals surface area contributed by atoms with Crippen LogP contribution in [0.2, 0.25) is 0 Å². The molecular weight excluding hydrogens is 354 g/mol. The Morgan fingerprint density at radius 1 is 1.27 bits per heavy atom. The molecule has 1 aliphatic heterocycles. The minimum absolute atomic E-state index is 0.158. The monoisotopic (exact) mass is 385 g/mol. The quantitative estimate of drug-likeness (QED) is 0.749. The van der Waals surface area contributed by atoms with Crippen molar-refractivity contribution in [3.05, 3.63) is 35.9 Å². The molecular formula is C19H31NO5S. The third-order valence-corrected chi connectivity index (χ3v) is 7.40. The van der Waals surface area contributed by atoms with Gasteiger partial charge < -0.3 is 14.9 Å². The van der Waals surface area contributed by atoms with Crippen molar-refractivity contribution in [2.24, 2.45) is 0 Å². The number of benzene rings is 1. The fourth-order valence-electron chi connectivity index (χ4n) is 3.24. The van der Waals surface area contributed by atoms with Gasteiger partial charge in [0.15, 0.2) is 0 Å². The molecule has 3 atom stereocenters. The summed E-state index contributed by atoms with van der Waals surface area (Å²) in [6.07, 6.45) is 0.304. The zero-order valence-corrected chi connectivity index (χ0v) is 16.7. The maximum absolute atomic E-state index is 13.0. The van der Waals surface area contributed by atoms with Gasteiger partial charge in [-0.25, -0.2) is 8.42 Å². The van der Waals surface area contributed by atoms with E-state index in [0.717, 1.165) is 12.0 Å². The van der Waals surface area contributed by atoms with Crippen molar-refractivity contribution >= 4 is 10.0 Å². The number of nitrogens with zero attached hydrogens (tertiary/aromatic N) is 1. The minimum Gasteiger partial charge on any atom is -0.394 e. The highest BCUT2D eigenvalue weighted by Gasteiger charge is 2.44. The van der Waals surface area contributed by atoms with Crippen molar-refractivity contribution in [1.29, 1.82) is 0 Å². The molecule has 1 aromatic carbocycles. The fraction of sp³-hybridized carbons (Fsp3) is 0.684. The number of ether oxygens (including phenoxy) is 1. The van der Waals surface area contributed by atoms with Gasteiger partial charge in [0.25, 0.3) is 0 Å². The Labute approximate surface area is 156 Å². The second-order valence-corrected chi connectivity index (χ2v) is 10.5. The van der Waals surface area contributed by atoms with Gasteiger partial charge in [-0.15, -0.1) is 0 Å². The molecule has 1 fully saturated rings. The smallest absolute Gasteiger partial charge is 0.219 e. The van der Waals surface area contributed by atoms with Gasteiger partial charge in [0.1, 0.15) is 0 Å². The number of piperidine rings is 1. The topological polar surface area (TPSA) is 87.1 Å². The van der Waals surface area contributed by atoms with Gasteiger partial charge in [-0.1, -0.05) is 30.3 Å². The number of hydrogen-bond donors (Lipinski definition) is 2. The van der Waals surface area contributed by atoms with Gasteiger partial charge in [0, 0.05) is 6.54 Å². The van der Waals surface area contributed by atoms with Crippen LogP contribution >= 0.6 is 0 Å². The number of rotatable bonds is 7. The zero-order valence-electron chi connectivity index (χ0n) is 15.8. The van der Waals surface area contributed by atoms with E-state index in [-0.39, 0.29) is 12.5 Å². The van der Waals surface area contributed by atoms with E-state index >= 15 is 0 Å². The lowest BCUT2D eigenvalue weighted by atomic mass is 9.96. The first-order chi connectivity index (χ1) is 12.2. The summed E-state index contributed by atoms with van der Waals surface area (Å²) in [5.41, 5.74) is 1.02. The molecule has 1 saturated heterocycles. The first-order valence-electron chi connectivity index (χ1n) is 9.12. The van der Waals surface area contributed by atoms with Crippen LogP contribution in [-0.2, 0) is 21.4 Å². The normalized spacial score (nSPS) is 23.7. The van der Waals surface area contributed by atoms with Crippen LogP contribution in [0.5, 0.6) is 0 Å². The first-order valence-corrected chi connectivity index (χ1v) is 10.6. The van der Waals surface area contributed by atoms with Crippen molar-refractivity contribution < 1.29 is 23.4 Å². The minimum atomic E-state index is -3.56. The van der Waals surface area contributed by atoms with E-state index < -0.39 is 33.5 Å². The van der Waals surface area contributed by atoms with E-state index in [1.807, 2.05) is 30.3 Å². The van der Waals surface area contributed by atoms with E-state index in [2.05, 4.69) is 0 Å². The predicted molar refractivity (Wildman–Crippen MR) is 101 cm³/mol. The van der Waals surface area contributed by atoms with E-state index in [1.165, 1.54) is 4.31 Å². The Morgan fingerprint density at radius 2 is 1.92 bits per heavy atom. The highest BCUT2D eigenvalue weighted by atomic mass is 32.2. The highest BCUT2D eigenvalue weighted by molar-refractivity contribution is 7.90. The zero-order chi connectivity index (χ0) is 19.4. The van der Waals surface area contributed by atoms with Gasteiger partial charge in [0.2, 0.25) is 10.0 Å². The Kier molecular flexibility index (Phi) is 7.21. The van der Waals surface area contributed by atoms with Gasteiger partial charge in [-0.2, -0.15) is 4.31 Å². The molecule has 2 N–H and O–H groups in total. The molecule has 148 valence electrons. The Balaban J connectivity index is 2.22. The van der Waals surface area contributed by atoms with E-state index in [1.54, 1.807) is 20.8 Å². The van der Waals surface area contributed by atoms with Crippen molar-refractivity contribution in [3.8, 4) is 0 Å². The Hall–Kier alpha value is -0.990. The largest absolute Gasteiger partial charge is 0.394 e. The molecule has 6 nitrogen and oxygen atoms in total. The van der Waals surface area contributed by atoms with Crippen LogP contribution < -0.4 is 0 Å². The standard InChI is InChI=1S/C19H31NO5S/c1-19(2,3)26(23,24)20-11-7-10-18(17(20)12-16(22)13-21)25-14-15-8-5-4-6-9-15/h4-6,8-9,16-18,21-22H,7,10-14H2,1-3H3/t16-,17+,18-/m0/s1. The second kappa shape index (κ2) is 8.80. The SMILES string of the molecule is CC(C)(C)S(=O)(=O)N1CCC[C@H](OCc2ccccc2)[C@H]1C[C@H](O)CO. The summed E-state index contributed by atoms with van der Waals surface area (Å²) in [4.78, 5) is 0. The predicted octanol–water partition coefficient (Wildman–Crippen LogP) is 1.91. The molecule has 1 aromatic rings. The second-order valence-electron chi connectivity index (χ2n) is 7.84. The van der Waals surface area contributed by atoms with Crippen molar-refractivity contribution in [2.75, 3.05) is 13.2 Å². The molecule has 0 aliphatic carbocycles. The number of hydrogen-bond acceptors (Lipinski definition) is 5. The van der Waals surface area contributed by atoms with E-state index in [4.69, 9.17) is 4.74 Å². The van der Waals surface area contributed by atoms with Crippen LogP contribution in [0.4, 0.5) is 0 Å². The maximum Gasteiger partial charge on any atom is 0.219 e. The van der Waals surface area contributed by atoms with Crippen molar-refractivity contribution in [1.82, 2.24) is 4.31 Å². The fourth-order valence-corrected chi connectivity index (χ4v) is 4.89. The molecule has 7 heteroatoms. The maximum atomic E-state index is 13.0. The third kappa shape index (κ3) is 5.04. The summed E-state index contributed by atoms with van der Waals surface area (Å²) < 4.78 is 32.7. The number of aliphatic hydroxyl groups excluding tert-OH is 2. The first kappa shape index (κ1) is 21.3. The van der Waals surface area contributed by atoms with Crippen molar-refractivity contribution in [3.63, 3.8) is 0 Å². The molecule has 0 saturated carbocycles. The molecule has 0 radical (unpaired) electrons. The molecule has 26 heavy (non-hydrogen) atoms. The van der Waals surface area contributed by atoms with Crippen molar-refractivity contribution in [2.45, 2.75) is 69.6 Å². The Bertz CT molecular complexity index is 656. The molecule has 0 bridgehead atoms. The summed E-state index contributed by atoms with van der Waals surface area (Å²) >= 11 is 0. The highest BCUT2D eigenvalue weighted by Crippen LogP contribution is 2.32. The van der Waals surface area contributed by atoms with Gasteiger partial charge in [-0.05, 0) is 45.6 Å². The van der Waals surface area contributed by atoms with Crippen LogP contribution in [0.25, 0.3) is 0 Å². The van der Waals surface area contributed by atoms with Gasteiger partial charge in [-0.3, -0.25) is 0 Å². The summed E-state index contributed by atoms with van der Waals surface area (Å²) in [6, 6.07) is 9.24. The van der Waals surface area contributed by atoms with Crippen LogP contribution in [0.1, 0.15) is 45.6 Å². The van der Waals surface area contributed by atoms with Crippen LogP contribution in [0.15, 0.2) is 30.3 Å². The summed E-state index contributed by atoms with van der Waals surface area (Å²) in [5, 5.41) is 19.2. The number of aliphatic hydroxyl groups is 2. The van der Waals surface area contributed by atoms with E-state index in [0.29, 0.717) is 19.6 Å². The molecule has 0 amide bonds. The summed E-state index contributed by atoms with van der Waals surface area (Å²) in [5.74, 6) is 0. The summed E-state index contributed by atoms with van der Waals surface area (Å²) in [7, 11) is -3.56. The van der Waals surface area contributed by atoms with E-state index in [9.17, 15) is 18.6 Å². The molecule has 0 aromatic heterocycles. The third-order valence-electron chi connectivity index (χ3n) is 4.78. The molecule has 0 unspecified atom stereocenters. The van der Waals surface area contributed by atoms with Gasteiger partial charge >= 0.3 is 0 Å². The van der Waals surface area contributed by atoms with Gasteiger partial charge in [0.05, 0.1) is 36.2 Å². The average Bonchev–Trinajstić information content (AvgIpc) is 2.60. The molecule has 2 rings (SSSR count). The summed E-state index contributed by atoms with van der Waals surface area (Å²) in [6.45, 7) is 5.43. The average molecular weight is 386 g/mol. The molecule has 0 spiro atoms. The van der Waals surface area contributed by atoms with Crippen LogP contribution in [-0.4, -0.2) is 59.1 Å². The molecule has 1 heterocycles. The lowest BCUT2D eigenvalue weighted by Gasteiger charge is -2.43.